The van der Waals surface area contributed by atoms with Gasteiger partial charge in [0.25, 0.3) is 5.91 Å². The monoisotopic (exact) mass is 826 g/mol. The summed E-state index contributed by atoms with van der Waals surface area (Å²) in [7, 11) is 0. The van der Waals surface area contributed by atoms with Crippen molar-refractivity contribution in [3.05, 3.63) is 84.2 Å². The Bertz CT molecular complexity index is 2550. The second-order valence-electron chi connectivity index (χ2n) is 18.2. The minimum atomic E-state index is -0.458. The Morgan fingerprint density at radius 3 is 2.44 bits per heavy atom. The van der Waals surface area contributed by atoms with Crippen LogP contribution in [0, 0.1) is 33.9 Å². The van der Waals surface area contributed by atoms with Crippen LogP contribution in [0.1, 0.15) is 81.8 Å². The van der Waals surface area contributed by atoms with Gasteiger partial charge in [0.2, 0.25) is 5.91 Å². The van der Waals surface area contributed by atoms with Crippen molar-refractivity contribution in [2.24, 2.45) is 16.7 Å². The van der Waals surface area contributed by atoms with E-state index in [9.17, 15) is 19.6 Å². The van der Waals surface area contributed by atoms with Crippen molar-refractivity contribution in [2.75, 3.05) is 49.1 Å². The zero-order chi connectivity index (χ0) is 42.6. The molecule has 1 saturated carbocycles. The normalized spacial score (nSPS) is 22.2. The lowest BCUT2D eigenvalue weighted by atomic mass is 9.49. The number of pyridine rings is 1. The van der Waals surface area contributed by atoms with Gasteiger partial charge in [0, 0.05) is 91.9 Å². The molecular weight excluding hydrogens is 776 g/mol. The average Bonchev–Trinajstić information content (AvgIpc) is 3.70. The molecule has 0 spiro atoms. The number of rotatable bonds is 9. The summed E-state index contributed by atoms with van der Waals surface area (Å²) in [5, 5.41) is 16.7. The summed E-state index contributed by atoms with van der Waals surface area (Å²) in [5.74, 6) is 0.680. The van der Waals surface area contributed by atoms with E-state index < -0.39 is 22.7 Å². The van der Waals surface area contributed by atoms with E-state index in [1.165, 1.54) is 17.3 Å². The van der Waals surface area contributed by atoms with Gasteiger partial charge in [-0.2, -0.15) is 5.26 Å². The number of likely N-dealkylation sites (tertiary alicyclic amines) is 1. The first kappa shape index (κ1) is 40.3. The summed E-state index contributed by atoms with van der Waals surface area (Å²) in [4.78, 5) is 57.4. The van der Waals surface area contributed by atoms with E-state index in [1.54, 1.807) is 24.4 Å². The molecule has 6 heterocycles. The lowest BCUT2D eigenvalue weighted by molar-refractivity contribution is -0.163. The molecule has 3 aromatic heterocycles. The van der Waals surface area contributed by atoms with Gasteiger partial charge < -0.3 is 24.4 Å². The number of benzene rings is 2. The Balaban J connectivity index is 0.765. The van der Waals surface area contributed by atoms with E-state index in [-0.39, 0.29) is 48.5 Å². The number of anilines is 2. The molecule has 0 radical (unpaired) electrons. The fourth-order valence-corrected chi connectivity index (χ4v) is 10.7. The zero-order valence-electron chi connectivity index (χ0n) is 35.0. The maximum absolute atomic E-state index is 15.8. The molecule has 4 fully saturated rings. The van der Waals surface area contributed by atoms with Crippen LogP contribution < -0.4 is 25.2 Å². The fraction of sp³-hybridized carbons (Fsp3) is 0.457. The molecule has 0 bridgehead atoms. The largest absolute Gasteiger partial charge is 0.488 e. The Morgan fingerprint density at radius 1 is 0.951 bits per heavy atom. The number of nitrogens with one attached hydrogen (secondary N) is 2. The van der Waals surface area contributed by atoms with Gasteiger partial charge in [-0.1, -0.05) is 27.7 Å². The highest BCUT2D eigenvalue weighted by Gasteiger charge is 2.64. The Kier molecular flexibility index (Phi) is 10.4. The number of ether oxygens (including phenoxy) is 1. The van der Waals surface area contributed by atoms with E-state index in [1.807, 2.05) is 30.5 Å². The van der Waals surface area contributed by atoms with Crippen LogP contribution >= 0.6 is 0 Å². The van der Waals surface area contributed by atoms with Crippen LogP contribution in [-0.2, 0) is 4.79 Å². The number of amides is 4. The highest BCUT2D eigenvalue weighted by Crippen LogP contribution is 2.56. The summed E-state index contributed by atoms with van der Waals surface area (Å²) in [6.07, 6.45) is 9.04. The van der Waals surface area contributed by atoms with Gasteiger partial charge in [0.05, 0.1) is 22.2 Å². The number of carbonyl (C=O) groups excluding carboxylic acids is 3. The van der Waals surface area contributed by atoms with Crippen molar-refractivity contribution in [3.63, 3.8) is 0 Å². The van der Waals surface area contributed by atoms with Crippen LogP contribution in [0.4, 0.5) is 20.7 Å². The molecule has 0 unspecified atom stereocenters. The van der Waals surface area contributed by atoms with Gasteiger partial charge in [0.15, 0.2) is 0 Å². The molecule has 4 aliphatic rings. The van der Waals surface area contributed by atoms with Crippen LogP contribution in [0.3, 0.4) is 0 Å². The van der Waals surface area contributed by atoms with Gasteiger partial charge in [-0.05, 0) is 80.1 Å². The molecule has 4 amide bonds. The lowest BCUT2D eigenvalue weighted by Gasteiger charge is -2.63. The Morgan fingerprint density at radius 2 is 1.72 bits per heavy atom. The smallest absolute Gasteiger partial charge is 0.329 e. The molecule has 9 rings (SSSR count). The Hall–Kier alpha value is -6.14. The molecule has 3 saturated heterocycles. The Labute approximate surface area is 354 Å². The first-order chi connectivity index (χ1) is 29.3. The van der Waals surface area contributed by atoms with Crippen LogP contribution in [0.2, 0.25) is 0 Å². The molecule has 3 aliphatic heterocycles. The summed E-state index contributed by atoms with van der Waals surface area (Å²) in [6.45, 7) is 13.0. The van der Waals surface area contributed by atoms with Crippen LogP contribution in [0.15, 0.2) is 67.3 Å². The summed E-state index contributed by atoms with van der Waals surface area (Å²) in [6, 6.07) is 15.8. The van der Waals surface area contributed by atoms with Crippen molar-refractivity contribution < 1.29 is 23.5 Å². The zero-order valence-corrected chi connectivity index (χ0v) is 35.0. The van der Waals surface area contributed by atoms with Crippen molar-refractivity contribution in [3.8, 4) is 11.8 Å². The number of urea groups is 1. The highest BCUT2D eigenvalue weighted by molar-refractivity contribution is 6.08. The standard InChI is InChI=1S/C46H51FN10O4/c1-45(2)42(46(3,4)43(45)61-36-10-8-30(25-48)38-32(36)6-5-17-49-38)53-41(59)29-7-9-35(34(47)24-29)55-20-11-28(12-21-55)26-54-18-13-31(14-19-54)56-22-15-33-39(56)50-27-51-40(33)57-23-16-37(58)52-44(57)60/h5-10,15,17,22,24,27-28,31,42-43H,11-14,16,18-21,23,26H2,1-4H3,(H,53,59)(H,52,58,60). The maximum atomic E-state index is 15.8. The summed E-state index contributed by atoms with van der Waals surface area (Å²) >= 11 is 0. The average molecular weight is 827 g/mol. The predicted molar refractivity (Wildman–Crippen MR) is 229 cm³/mol. The number of fused-ring (bicyclic) bond motifs is 2. The lowest BCUT2D eigenvalue weighted by Crippen LogP contribution is -2.74. The van der Waals surface area contributed by atoms with Crippen molar-refractivity contribution in [1.29, 1.82) is 5.26 Å². The van der Waals surface area contributed by atoms with Crippen LogP contribution in [0.25, 0.3) is 21.9 Å². The molecular formula is C46H51FN10O4. The summed E-state index contributed by atoms with van der Waals surface area (Å²) in [5.41, 5.74) is 1.78. The van der Waals surface area contributed by atoms with Gasteiger partial charge >= 0.3 is 6.03 Å². The van der Waals surface area contributed by atoms with E-state index in [0.717, 1.165) is 74.8 Å². The van der Waals surface area contributed by atoms with Crippen molar-refractivity contribution in [2.45, 2.75) is 78.0 Å². The second-order valence-corrected chi connectivity index (χ2v) is 18.2. The molecule has 2 N–H and O–H groups in total. The third-order valence-corrected chi connectivity index (χ3v) is 13.6. The molecule has 316 valence electrons. The number of hydrogen-bond donors (Lipinski definition) is 2. The molecule has 2 aromatic carbocycles. The molecule has 14 nitrogen and oxygen atoms in total. The maximum Gasteiger partial charge on any atom is 0.329 e. The number of aromatic nitrogens is 4. The van der Waals surface area contributed by atoms with Gasteiger partial charge in [-0.3, -0.25) is 24.8 Å². The molecule has 15 heteroatoms. The summed E-state index contributed by atoms with van der Waals surface area (Å²) < 4.78 is 24.6. The quantitative estimate of drug-likeness (QED) is 0.166. The number of hydrogen-bond acceptors (Lipinski definition) is 10. The van der Waals surface area contributed by atoms with Crippen molar-refractivity contribution >= 4 is 51.3 Å². The first-order valence-corrected chi connectivity index (χ1v) is 21.3. The van der Waals surface area contributed by atoms with Gasteiger partial charge in [0.1, 0.15) is 41.5 Å². The minimum Gasteiger partial charge on any atom is -0.488 e. The second kappa shape index (κ2) is 15.7. The van der Waals surface area contributed by atoms with Gasteiger partial charge in [-0.25, -0.2) is 19.2 Å². The molecule has 1 aliphatic carbocycles. The highest BCUT2D eigenvalue weighted by atomic mass is 19.1. The fourth-order valence-electron chi connectivity index (χ4n) is 10.7. The predicted octanol–water partition coefficient (Wildman–Crippen LogP) is 6.60. The van der Waals surface area contributed by atoms with Crippen LogP contribution in [-0.4, -0.2) is 93.7 Å². The van der Waals surface area contributed by atoms with Crippen molar-refractivity contribution in [1.82, 2.24) is 35.1 Å². The van der Waals surface area contributed by atoms with E-state index >= 15 is 4.39 Å². The minimum absolute atomic E-state index is 0.234. The number of halogens is 1. The third kappa shape index (κ3) is 7.30. The van der Waals surface area contributed by atoms with E-state index in [4.69, 9.17) is 4.74 Å². The first-order valence-electron chi connectivity index (χ1n) is 21.3. The van der Waals surface area contributed by atoms with Crippen LogP contribution in [0.5, 0.6) is 5.75 Å². The number of piperidine rings is 2. The number of nitrogens with zero attached hydrogens (tertiary/aromatic N) is 8. The topological polar surface area (TPSA) is 162 Å². The number of carbonyl (C=O) groups is 3. The number of nitriles is 1. The molecule has 5 aromatic rings. The van der Waals surface area contributed by atoms with E-state index in [0.29, 0.717) is 34.3 Å². The molecule has 0 atom stereocenters. The SMILES string of the molecule is CC1(C)C(NC(=O)c2ccc(N3CCC(CN4CCC(n5ccc6c(N7CCC(=O)NC7=O)ncnc65)CC4)CC3)c(F)c2)C(C)(C)C1Oc1ccc(C#N)c2ncccc12. The third-order valence-electron chi connectivity index (χ3n) is 13.6. The van der Waals surface area contributed by atoms with Gasteiger partial charge in [-0.15, -0.1) is 0 Å². The number of imide groups is 1. The van der Waals surface area contributed by atoms with E-state index in [2.05, 4.69) is 73.7 Å². The molecule has 61 heavy (non-hydrogen) atoms.